The topological polar surface area (TPSA) is 111 Å². The van der Waals surface area contributed by atoms with Crippen LogP contribution in [0.5, 0.6) is 0 Å². The van der Waals surface area contributed by atoms with Gasteiger partial charge in [-0.05, 0) is 18.2 Å². The largest absolute Gasteiger partial charge is 0.456 e. The van der Waals surface area contributed by atoms with Gasteiger partial charge in [-0.2, -0.15) is 0 Å². The molecular weight excluding hydrogens is 428 g/mol. The summed E-state index contributed by atoms with van der Waals surface area (Å²) in [4.78, 5) is 39.4. The number of H-pyrrole nitrogens is 1. The van der Waals surface area contributed by atoms with Gasteiger partial charge in [-0.15, -0.1) is 0 Å². The number of esters is 1. The number of nitrogens with zero attached hydrogens (tertiary/aromatic N) is 1. The van der Waals surface area contributed by atoms with E-state index in [1.165, 1.54) is 10.8 Å². The van der Waals surface area contributed by atoms with E-state index in [4.69, 9.17) is 9.47 Å². The maximum Gasteiger partial charge on any atom is 0.338 e. The third-order valence-electron chi connectivity index (χ3n) is 6.82. The maximum atomic E-state index is 13.2. The van der Waals surface area contributed by atoms with Crippen LogP contribution in [0.25, 0.3) is 0 Å². The van der Waals surface area contributed by atoms with Gasteiger partial charge in [0.1, 0.15) is 18.4 Å². The van der Waals surface area contributed by atoms with Crippen molar-refractivity contribution >= 4 is 19.2 Å². The van der Waals surface area contributed by atoms with E-state index in [0.717, 1.165) is 23.3 Å². The van der Waals surface area contributed by atoms with Gasteiger partial charge in [0.25, 0.3) is 5.56 Å². The molecule has 1 aromatic carbocycles. The molecule has 0 aliphatic carbocycles. The monoisotopic (exact) mass is 460 g/mol. The summed E-state index contributed by atoms with van der Waals surface area (Å²) in [6, 6.07) is 10.7. The first-order chi connectivity index (χ1) is 15.3. The molecule has 0 saturated carbocycles. The van der Waals surface area contributed by atoms with E-state index < -0.39 is 43.7 Å². The molecule has 1 aliphatic heterocycles. The summed E-state index contributed by atoms with van der Waals surface area (Å²) in [5.74, 6) is -0.439. The second kappa shape index (κ2) is 9.97. The van der Waals surface area contributed by atoms with Crippen molar-refractivity contribution in [2.45, 2.75) is 70.7 Å². The summed E-state index contributed by atoms with van der Waals surface area (Å²) in [6.45, 7) is 7.78. The highest BCUT2D eigenvalue weighted by Gasteiger charge is 2.40. The van der Waals surface area contributed by atoms with E-state index in [0.29, 0.717) is 11.1 Å². The van der Waals surface area contributed by atoms with Gasteiger partial charge >= 0.3 is 11.7 Å². The first kappa shape index (κ1) is 24.2. The fourth-order valence-corrected chi connectivity index (χ4v) is 8.45. The van der Waals surface area contributed by atoms with E-state index in [1.54, 1.807) is 13.0 Å². The highest BCUT2D eigenvalue weighted by molar-refractivity contribution is 6.92. The van der Waals surface area contributed by atoms with Gasteiger partial charge < -0.3 is 14.6 Å². The van der Waals surface area contributed by atoms with Crippen LogP contribution in [0.4, 0.5) is 0 Å². The number of aryl methyl sites for hydroxylation is 1. The van der Waals surface area contributed by atoms with Gasteiger partial charge in [-0.3, -0.25) is 14.3 Å². The number of benzene rings is 1. The molecule has 3 atom stereocenters. The molecule has 2 N–H and O–H groups in total. The van der Waals surface area contributed by atoms with Crippen LogP contribution in [-0.4, -0.2) is 47.5 Å². The van der Waals surface area contributed by atoms with Crippen LogP contribution in [-0.2, 0) is 9.47 Å². The van der Waals surface area contributed by atoms with Crippen LogP contribution in [0, 0.1) is 6.92 Å². The zero-order chi connectivity index (χ0) is 23.5. The van der Waals surface area contributed by atoms with Crippen molar-refractivity contribution in [1.82, 2.24) is 9.55 Å². The normalized spacial score (nSPS) is 21.0. The average Bonchev–Trinajstić information content (AvgIpc) is 3.20. The minimum absolute atomic E-state index is 0.197. The lowest BCUT2D eigenvalue weighted by molar-refractivity contribution is -0.0521. The number of nitrogens with one attached hydrogen (secondary N) is 1. The average molecular weight is 461 g/mol. The zero-order valence-corrected chi connectivity index (χ0v) is 20.1. The third-order valence-corrected chi connectivity index (χ3v) is 12.5. The SMILES string of the molecule is CC[Si](CC)(CC)c1ccccc1C(=O)O[C@H]1C[C@H](n2cc(C)c(=O)[nH]c2=O)O[C@@H]1CO. The smallest absolute Gasteiger partial charge is 0.338 e. The predicted molar refractivity (Wildman–Crippen MR) is 124 cm³/mol. The highest BCUT2D eigenvalue weighted by atomic mass is 28.3. The lowest BCUT2D eigenvalue weighted by Crippen LogP contribution is -2.48. The lowest BCUT2D eigenvalue weighted by atomic mass is 10.1. The Morgan fingerprint density at radius 2 is 1.88 bits per heavy atom. The number of aromatic amines is 1. The first-order valence-corrected chi connectivity index (χ1v) is 13.8. The lowest BCUT2D eigenvalue weighted by Gasteiger charge is -2.30. The van der Waals surface area contributed by atoms with Crippen LogP contribution in [0.15, 0.2) is 40.1 Å². The maximum absolute atomic E-state index is 13.2. The predicted octanol–water partition coefficient (Wildman–Crippen LogP) is 2.07. The molecule has 1 aromatic heterocycles. The zero-order valence-electron chi connectivity index (χ0n) is 19.1. The number of aromatic nitrogens is 2. The van der Waals surface area contributed by atoms with Crippen LogP contribution < -0.4 is 16.4 Å². The molecule has 174 valence electrons. The van der Waals surface area contributed by atoms with Crippen molar-refractivity contribution in [1.29, 1.82) is 0 Å². The molecule has 8 nitrogen and oxygen atoms in total. The Balaban J connectivity index is 1.87. The Morgan fingerprint density at radius 3 is 2.50 bits per heavy atom. The number of hydrogen-bond acceptors (Lipinski definition) is 6. The first-order valence-electron chi connectivity index (χ1n) is 11.2. The molecule has 9 heteroatoms. The summed E-state index contributed by atoms with van der Waals surface area (Å²) in [7, 11) is -1.83. The number of ether oxygens (including phenoxy) is 2. The fourth-order valence-electron chi connectivity index (χ4n) is 4.61. The number of carbonyl (C=O) groups excluding carboxylic acids is 1. The van der Waals surface area contributed by atoms with Crippen molar-refractivity contribution in [3.8, 4) is 0 Å². The quantitative estimate of drug-likeness (QED) is 0.461. The number of carbonyl (C=O) groups is 1. The fraction of sp³-hybridized carbons (Fsp3) is 0.522. The van der Waals surface area contributed by atoms with Crippen molar-refractivity contribution in [3.63, 3.8) is 0 Å². The van der Waals surface area contributed by atoms with Crippen LogP contribution in [0.2, 0.25) is 18.1 Å². The summed E-state index contributed by atoms with van der Waals surface area (Å²) < 4.78 is 12.9. The van der Waals surface area contributed by atoms with Gasteiger partial charge in [0.15, 0.2) is 0 Å². The van der Waals surface area contributed by atoms with Crippen molar-refractivity contribution in [2.75, 3.05) is 6.61 Å². The van der Waals surface area contributed by atoms with Gasteiger partial charge in [0, 0.05) is 18.2 Å². The van der Waals surface area contributed by atoms with Crippen molar-refractivity contribution < 1.29 is 19.4 Å². The minimum Gasteiger partial charge on any atom is -0.456 e. The van der Waals surface area contributed by atoms with Crippen molar-refractivity contribution in [3.05, 3.63) is 62.4 Å². The van der Waals surface area contributed by atoms with Gasteiger partial charge in [-0.25, -0.2) is 9.59 Å². The summed E-state index contributed by atoms with van der Waals surface area (Å²) >= 11 is 0. The number of hydrogen-bond donors (Lipinski definition) is 2. The van der Waals surface area contributed by atoms with Gasteiger partial charge in [0.05, 0.1) is 20.2 Å². The molecule has 1 aliphatic rings. The van der Waals surface area contributed by atoms with Crippen LogP contribution >= 0.6 is 0 Å². The van der Waals surface area contributed by atoms with Crippen LogP contribution in [0.1, 0.15) is 49.3 Å². The molecule has 0 radical (unpaired) electrons. The Bertz CT molecular complexity index is 1070. The van der Waals surface area contributed by atoms with Crippen molar-refractivity contribution in [2.24, 2.45) is 0 Å². The molecule has 32 heavy (non-hydrogen) atoms. The Kier molecular flexibility index (Phi) is 7.53. The number of aliphatic hydroxyl groups is 1. The highest BCUT2D eigenvalue weighted by Crippen LogP contribution is 2.31. The molecule has 0 bridgehead atoms. The van der Waals surface area contributed by atoms with Gasteiger partial charge in [0.2, 0.25) is 0 Å². The Labute approximate surface area is 188 Å². The second-order valence-electron chi connectivity index (χ2n) is 8.36. The molecule has 1 saturated heterocycles. The van der Waals surface area contributed by atoms with E-state index >= 15 is 0 Å². The van der Waals surface area contributed by atoms with E-state index in [1.807, 2.05) is 18.2 Å². The molecule has 0 spiro atoms. The standard InChI is InChI=1S/C23H32N2O6Si/c1-5-32(6-2,7-3)19-11-9-8-10-16(19)22(28)31-17-12-20(30-18(17)14-26)25-13-15(4)21(27)24-23(25)29/h8-11,13,17-18,20,26H,5-7,12,14H2,1-4H3,(H,24,27,29)/t17-,18+,20+/m0/s1. The summed E-state index contributed by atoms with van der Waals surface area (Å²) in [5, 5.41) is 10.9. The van der Waals surface area contributed by atoms with Crippen LogP contribution in [0.3, 0.4) is 0 Å². The molecule has 3 rings (SSSR count). The Hall–Kier alpha value is -2.49. The van der Waals surface area contributed by atoms with Gasteiger partial charge in [-0.1, -0.05) is 57.1 Å². The van der Waals surface area contributed by atoms with E-state index in [9.17, 15) is 19.5 Å². The summed E-state index contributed by atoms with van der Waals surface area (Å²) in [6.07, 6.45) is -0.614. The number of aliphatic hydroxyl groups excluding tert-OH is 1. The number of rotatable bonds is 8. The van der Waals surface area contributed by atoms with E-state index in [2.05, 4.69) is 25.8 Å². The third kappa shape index (κ3) is 4.50. The molecule has 2 aromatic rings. The molecule has 0 unspecified atom stereocenters. The molecular formula is C23H32N2O6Si. The minimum atomic E-state index is -1.83. The second-order valence-corrected chi connectivity index (χ2v) is 13.6. The molecule has 2 heterocycles. The Morgan fingerprint density at radius 1 is 1.22 bits per heavy atom. The summed E-state index contributed by atoms with van der Waals surface area (Å²) in [5.41, 5.74) is -0.132. The molecule has 1 fully saturated rings. The van der Waals surface area contributed by atoms with E-state index in [-0.39, 0.29) is 13.0 Å². The molecule has 0 amide bonds.